The van der Waals surface area contributed by atoms with Gasteiger partial charge in [-0.25, -0.2) is 4.39 Å². The number of hydrogen-bond donors (Lipinski definition) is 0. The summed E-state index contributed by atoms with van der Waals surface area (Å²) in [6.07, 6.45) is 3.49. The van der Waals surface area contributed by atoms with Crippen molar-refractivity contribution in [1.82, 2.24) is 9.88 Å². The summed E-state index contributed by atoms with van der Waals surface area (Å²) in [7, 11) is 0. The maximum atomic E-state index is 13.1. The summed E-state index contributed by atoms with van der Waals surface area (Å²) >= 11 is 0. The first-order valence-corrected chi connectivity index (χ1v) is 6.57. The molecule has 5 heteroatoms. The SMILES string of the molecule is CC(C)C[C@H]1CN(C(=O)c2cncc(F)c2)CCO1. The molecule has 0 unspecified atom stereocenters. The second kappa shape index (κ2) is 6.10. The molecule has 0 spiro atoms. The van der Waals surface area contributed by atoms with E-state index in [4.69, 9.17) is 4.74 Å². The number of ether oxygens (including phenoxy) is 1. The number of morpholine rings is 1. The fourth-order valence-corrected chi connectivity index (χ4v) is 2.28. The Bertz CT molecular complexity index is 451. The Morgan fingerprint density at radius 1 is 1.58 bits per heavy atom. The van der Waals surface area contributed by atoms with Gasteiger partial charge in [0.25, 0.3) is 5.91 Å². The summed E-state index contributed by atoms with van der Waals surface area (Å²) in [6, 6.07) is 1.22. The first-order valence-electron chi connectivity index (χ1n) is 6.57. The summed E-state index contributed by atoms with van der Waals surface area (Å²) < 4.78 is 18.7. The van der Waals surface area contributed by atoms with E-state index in [0.29, 0.717) is 31.2 Å². The van der Waals surface area contributed by atoms with Crippen molar-refractivity contribution in [2.75, 3.05) is 19.7 Å². The van der Waals surface area contributed by atoms with Gasteiger partial charge < -0.3 is 9.64 Å². The highest BCUT2D eigenvalue weighted by Crippen LogP contribution is 2.16. The van der Waals surface area contributed by atoms with E-state index < -0.39 is 5.82 Å². The van der Waals surface area contributed by atoms with Crippen LogP contribution in [0.5, 0.6) is 0 Å². The summed E-state index contributed by atoms with van der Waals surface area (Å²) in [5.74, 6) is -0.141. The van der Waals surface area contributed by atoms with Crippen LogP contribution >= 0.6 is 0 Å². The summed E-state index contributed by atoms with van der Waals surface area (Å²) in [6.45, 7) is 5.89. The van der Waals surface area contributed by atoms with Crippen molar-refractivity contribution in [3.8, 4) is 0 Å². The molecule has 1 atom stereocenters. The largest absolute Gasteiger partial charge is 0.375 e. The number of rotatable bonds is 3. The lowest BCUT2D eigenvalue weighted by molar-refractivity contribution is -0.0298. The number of aromatic nitrogens is 1. The number of nitrogens with zero attached hydrogens (tertiary/aromatic N) is 2. The Hall–Kier alpha value is -1.49. The third kappa shape index (κ3) is 3.73. The van der Waals surface area contributed by atoms with Gasteiger partial charge in [0, 0.05) is 19.3 Å². The fraction of sp³-hybridized carbons (Fsp3) is 0.571. The van der Waals surface area contributed by atoms with Crippen molar-refractivity contribution < 1.29 is 13.9 Å². The van der Waals surface area contributed by atoms with Crippen LogP contribution in [0.25, 0.3) is 0 Å². The number of halogens is 1. The Kier molecular flexibility index (Phi) is 4.47. The molecule has 1 amide bonds. The standard InChI is InChI=1S/C14H19FN2O2/c1-10(2)5-13-9-17(3-4-19-13)14(18)11-6-12(15)8-16-7-11/h6-8,10,13H,3-5,9H2,1-2H3/t13-/m0/s1. The lowest BCUT2D eigenvalue weighted by Gasteiger charge is -2.33. The molecule has 19 heavy (non-hydrogen) atoms. The van der Waals surface area contributed by atoms with Crippen LogP contribution in [-0.2, 0) is 4.74 Å². The smallest absolute Gasteiger partial charge is 0.255 e. The van der Waals surface area contributed by atoms with Crippen LogP contribution in [0.4, 0.5) is 4.39 Å². The normalized spacial score (nSPS) is 19.8. The van der Waals surface area contributed by atoms with Gasteiger partial charge in [-0.05, 0) is 18.4 Å². The average Bonchev–Trinajstić information content (AvgIpc) is 2.37. The molecule has 2 heterocycles. The number of pyridine rings is 1. The molecular formula is C14H19FN2O2. The van der Waals surface area contributed by atoms with E-state index in [1.807, 2.05) is 0 Å². The quantitative estimate of drug-likeness (QED) is 0.841. The van der Waals surface area contributed by atoms with Gasteiger partial charge in [0.1, 0.15) is 5.82 Å². The molecule has 1 aromatic heterocycles. The molecule has 1 aromatic rings. The molecule has 0 aromatic carbocycles. The zero-order valence-electron chi connectivity index (χ0n) is 11.3. The van der Waals surface area contributed by atoms with E-state index in [2.05, 4.69) is 18.8 Å². The van der Waals surface area contributed by atoms with Crippen LogP contribution in [-0.4, -0.2) is 41.6 Å². The minimum atomic E-state index is -0.488. The highest BCUT2D eigenvalue weighted by atomic mass is 19.1. The molecule has 1 aliphatic rings. The monoisotopic (exact) mass is 266 g/mol. The Balaban J connectivity index is 2.03. The van der Waals surface area contributed by atoms with Crippen LogP contribution in [0.15, 0.2) is 18.5 Å². The second-order valence-corrected chi connectivity index (χ2v) is 5.27. The highest BCUT2D eigenvalue weighted by molar-refractivity contribution is 5.94. The molecule has 0 radical (unpaired) electrons. The van der Waals surface area contributed by atoms with E-state index in [0.717, 1.165) is 12.6 Å². The third-order valence-electron chi connectivity index (χ3n) is 3.11. The summed E-state index contributed by atoms with van der Waals surface area (Å²) in [5, 5.41) is 0. The van der Waals surface area contributed by atoms with Crippen molar-refractivity contribution >= 4 is 5.91 Å². The van der Waals surface area contributed by atoms with E-state index in [1.54, 1.807) is 4.90 Å². The molecule has 2 rings (SSSR count). The van der Waals surface area contributed by atoms with Crippen LogP contribution in [0.2, 0.25) is 0 Å². The van der Waals surface area contributed by atoms with Crippen LogP contribution in [0, 0.1) is 11.7 Å². The van der Waals surface area contributed by atoms with Gasteiger partial charge in [-0.2, -0.15) is 0 Å². The van der Waals surface area contributed by atoms with Crippen molar-refractivity contribution in [3.05, 3.63) is 29.8 Å². The van der Waals surface area contributed by atoms with Crippen molar-refractivity contribution in [2.45, 2.75) is 26.4 Å². The van der Waals surface area contributed by atoms with Gasteiger partial charge in [-0.3, -0.25) is 9.78 Å². The average molecular weight is 266 g/mol. The van der Waals surface area contributed by atoms with Crippen LogP contribution < -0.4 is 0 Å². The highest BCUT2D eigenvalue weighted by Gasteiger charge is 2.25. The van der Waals surface area contributed by atoms with Gasteiger partial charge in [-0.15, -0.1) is 0 Å². The lowest BCUT2D eigenvalue weighted by atomic mass is 10.0. The van der Waals surface area contributed by atoms with Crippen molar-refractivity contribution in [1.29, 1.82) is 0 Å². The molecular weight excluding hydrogens is 247 g/mol. The van der Waals surface area contributed by atoms with E-state index in [-0.39, 0.29) is 12.0 Å². The van der Waals surface area contributed by atoms with Crippen molar-refractivity contribution in [2.24, 2.45) is 5.92 Å². The topological polar surface area (TPSA) is 42.4 Å². The minimum Gasteiger partial charge on any atom is -0.375 e. The Morgan fingerprint density at radius 3 is 3.05 bits per heavy atom. The molecule has 0 saturated carbocycles. The summed E-state index contributed by atoms with van der Waals surface area (Å²) in [5.41, 5.74) is 0.296. The molecule has 1 fully saturated rings. The van der Waals surface area contributed by atoms with Crippen LogP contribution in [0.1, 0.15) is 30.6 Å². The van der Waals surface area contributed by atoms with Crippen molar-refractivity contribution in [3.63, 3.8) is 0 Å². The minimum absolute atomic E-state index is 0.0687. The van der Waals surface area contributed by atoms with Gasteiger partial charge >= 0.3 is 0 Å². The first kappa shape index (κ1) is 13.9. The number of amides is 1. The molecule has 0 bridgehead atoms. The molecule has 1 saturated heterocycles. The summed E-state index contributed by atoms with van der Waals surface area (Å²) in [4.78, 5) is 17.7. The predicted octanol–water partition coefficient (Wildman–Crippen LogP) is 2.11. The van der Waals surface area contributed by atoms with Gasteiger partial charge in [0.05, 0.1) is 24.5 Å². The Morgan fingerprint density at radius 2 is 2.37 bits per heavy atom. The predicted molar refractivity (Wildman–Crippen MR) is 69.3 cm³/mol. The molecule has 4 nitrogen and oxygen atoms in total. The maximum Gasteiger partial charge on any atom is 0.255 e. The third-order valence-corrected chi connectivity index (χ3v) is 3.11. The number of carbonyl (C=O) groups excluding carboxylic acids is 1. The number of carbonyl (C=O) groups is 1. The molecule has 1 aliphatic heterocycles. The maximum absolute atomic E-state index is 13.1. The zero-order chi connectivity index (χ0) is 13.8. The van der Waals surface area contributed by atoms with Gasteiger partial charge in [0.15, 0.2) is 0 Å². The van der Waals surface area contributed by atoms with Gasteiger partial charge in [0.2, 0.25) is 0 Å². The zero-order valence-corrected chi connectivity index (χ0v) is 11.3. The molecule has 0 aliphatic carbocycles. The van der Waals surface area contributed by atoms with E-state index >= 15 is 0 Å². The molecule has 0 N–H and O–H groups in total. The second-order valence-electron chi connectivity index (χ2n) is 5.27. The molecule has 104 valence electrons. The first-order chi connectivity index (χ1) is 9.06. The van der Waals surface area contributed by atoms with E-state index in [9.17, 15) is 9.18 Å². The van der Waals surface area contributed by atoms with E-state index in [1.165, 1.54) is 12.3 Å². The number of hydrogen-bond acceptors (Lipinski definition) is 3. The lowest BCUT2D eigenvalue weighted by Crippen LogP contribution is -2.46. The fourth-order valence-electron chi connectivity index (χ4n) is 2.28. The van der Waals surface area contributed by atoms with Gasteiger partial charge in [-0.1, -0.05) is 13.8 Å². The Labute approximate surface area is 112 Å². The van der Waals surface area contributed by atoms with Crippen LogP contribution in [0.3, 0.4) is 0 Å².